The fourth-order valence-electron chi connectivity index (χ4n) is 3.35. The molecule has 0 amide bonds. The maximum Gasteiger partial charge on any atom is 0.387 e. The summed E-state index contributed by atoms with van der Waals surface area (Å²) in [7, 11) is 1.37. The summed E-state index contributed by atoms with van der Waals surface area (Å²) in [5, 5.41) is 7.47. The number of benzene rings is 3. The molecule has 3 aromatic carbocycles. The highest BCUT2D eigenvalue weighted by molar-refractivity contribution is 5.60. The molecule has 0 saturated carbocycles. The maximum atomic E-state index is 12.5. The van der Waals surface area contributed by atoms with Crippen molar-refractivity contribution in [1.82, 2.24) is 15.5 Å². The molecule has 1 aromatic heterocycles. The number of alkyl halides is 2. The van der Waals surface area contributed by atoms with Gasteiger partial charge in [-0.05, 0) is 29.3 Å². The van der Waals surface area contributed by atoms with Crippen LogP contribution in [0.3, 0.4) is 0 Å². The van der Waals surface area contributed by atoms with Crippen molar-refractivity contribution in [2.45, 2.75) is 19.2 Å². The minimum Gasteiger partial charge on any atom is -0.493 e. The van der Waals surface area contributed by atoms with Crippen LogP contribution in [0.2, 0.25) is 0 Å². The second kappa shape index (κ2) is 10.0. The molecule has 0 spiro atoms. The molecule has 0 atom stereocenters. The summed E-state index contributed by atoms with van der Waals surface area (Å²) in [6, 6.07) is 24.6. The van der Waals surface area contributed by atoms with Crippen LogP contribution in [0.5, 0.6) is 11.5 Å². The van der Waals surface area contributed by atoms with E-state index in [2.05, 4.69) is 44.5 Å². The smallest absolute Gasteiger partial charge is 0.387 e. The Hall–Kier alpha value is -3.78. The van der Waals surface area contributed by atoms with Gasteiger partial charge in [-0.15, -0.1) is 0 Å². The average Bonchev–Trinajstić information content (AvgIpc) is 3.29. The number of methoxy groups -OCH3 is 1. The molecule has 32 heavy (non-hydrogen) atoms. The number of halogens is 2. The zero-order chi connectivity index (χ0) is 22.3. The zero-order valence-corrected chi connectivity index (χ0v) is 17.2. The van der Waals surface area contributed by atoms with Crippen molar-refractivity contribution >= 4 is 0 Å². The second-order valence-corrected chi connectivity index (χ2v) is 6.89. The number of hydrogen-bond donors (Lipinski definition) is 1. The van der Waals surface area contributed by atoms with Crippen LogP contribution in [0.25, 0.3) is 11.4 Å². The molecule has 0 aliphatic heterocycles. The normalized spacial score (nSPS) is 11.2. The van der Waals surface area contributed by atoms with Gasteiger partial charge in [0.2, 0.25) is 11.7 Å². The van der Waals surface area contributed by atoms with Crippen LogP contribution >= 0.6 is 0 Å². The highest BCUT2D eigenvalue weighted by Crippen LogP contribution is 2.32. The first-order chi connectivity index (χ1) is 15.6. The van der Waals surface area contributed by atoms with Gasteiger partial charge in [-0.1, -0.05) is 65.8 Å². The van der Waals surface area contributed by atoms with E-state index in [1.807, 2.05) is 36.4 Å². The molecule has 0 unspecified atom stereocenters. The maximum absolute atomic E-state index is 12.5. The molecule has 0 bridgehead atoms. The van der Waals surface area contributed by atoms with E-state index in [-0.39, 0.29) is 17.5 Å². The molecular formula is C24H21F2N3O3. The first-order valence-electron chi connectivity index (χ1n) is 9.93. The molecule has 4 rings (SSSR count). The van der Waals surface area contributed by atoms with Crippen molar-refractivity contribution in [3.63, 3.8) is 0 Å². The minimum absolute atomic E-state index is 0.0568. The fourth-order valence-corrected chi connectivity index (χ4v) is 3.35. The van der Waals surface area contributed by atoms with Crippen molar-refractivity contribution < 1.29 is 22.8 Å². The molecule has 1 N–H and O–H groups in total. The van der Waals surface area contributed by atoms with Crippen molar-refractivity contribution in [3.05, 3.63) is 95.9 Å². The fraction of sp³-hybridized carbons (Fsp3) is 0.167. The van der Waals surface area contributed by atoms with E-state index >= 15 is 0 Å². The van der Waals surface area contributed by atoms with Gasteiger partial charge in [0.25, 0.3) is 0 Å². The summed E-state index contributed by atoms with van der Waals surface area (Å²) in [6.07, 6.45) is 0. The third-order valence-electron chi connectivity index (χ3n) is 4.83. The quantitative estimate of drug-likeness (QED) is 0.387. The summed E-state index contributed by atoms with van der Waals surface area (Å²) in [4.78, 5) is 4.42. The zero-order valence-electron chi connectivity index (χ0n) is 17.2. The SMILES string of the molecule is COc1cc(-c2noc(CNC(c3ccccc3)c3ccccc3)n2)ccc1OC(F)F. The first kappa shape index (κ1) is 21.5. The van der Waals surface area contributed by atoms with Crippen molar-refractivity contribution in [3.8, 4) is 22.9 Å². The number of aromatic nitrogens is 2. The molecule has 4 aromatic rings. The third kappa shape index (κ3) is 5.09. The van der Waals surface area contributed by atoms with Crippen molar-refractivity contribution in [1.29, 1.82) is 0 Å². The third-order valence-corrected chi connectivity index (χ3v) is 4.83. The van der Waals surface area contributed by atoms with Crippen LogP contribution in [0.4, 0.5) is 8.78 Å². The van der Waals surface area contributed by atoms with Gasteiger partial charge in [-0.3, -0.25) is 5.32 Å². The van der Waals surface area contributed by atoms with Crippen LogP contribution in [-0.2, 0) is 6.54 Å². The van der Waals surface area contributed by atoms with Crippen LogP contribution < -0.4 is 14.8 Å². The molecular weight excluding hydrogens is 416 g/mol. The van der Waals surface area contributed by atoms with Gasteiger partial charge >= 0.3 is 6.61 Å². The van der Waals surface area contributed by atoms with Gasteiger partial charge in [0.1, 0.15) is 0 Å². The van der Waals surface area contributed by atoms with Crippen LogP contribution in [0, 0.1) is 0 Å². The van der Waals surface area contributed by atoms with Gasteiger partial charge in [0, 0.05) is 5.56 Å². The Morgan fingerprint density at radius 2 is 1.56 bits per heavy atom. The second-order valence-electron chi connectivity index (χ2n) is 6.89. The number of nitrogens with zero attached hydrogens (tertiary/aromatic N) is 2. The van der Waals surface area contributed by atoms with Gasteiger partial charge in [-0.25, -0.2) is 0 Å². The predicted octanol–water partition coefficient (Wildman–Crippen LogP) is 5.23. The van der Waals surface area contributed by atoms with E-state index in [4.69, 9.17) is 9.26 Å². The van der Waals surface area contributed by atoms with Crippen molar-refractivity contribution in [2.75, 3.05) is 7.11 Å². The van der Waals surface area contributed by atoms with Crippen LogP contribution in [0.15, 0.2) is 83.4 Å². The highest BCUT2D eigenvalue weighted by atomic mass is 19.3. The Labute approximate surface area is 183 Å². The topological polar surface area (TPSA) is 69.4 Å². The Morgan fingerprint density at radius 3 is 2.16 bits per heavy atom. The molecule has 0 radical (unpaired) electrons. The van der Waals surface area contributed by atoms with Crippen molar-refractivity contribution in [2.24, 2.45) is 0 Å². The summed E-state index contributed by atoms with van der Waals surface area (Å²) in [5.41, 5.74) is 2.77. The highest BCUT2D eigenvalue weighted by Gasteiger charge is 2.17. The Bertz CT molecular complexity index is 1100. The Kier molecular flexibility index (Phi) is 6.72. The molecule has 0 aliphatic rings. The summed E-state index contributed by atoms with van der Waals surface area (Å²) < 4.78 is 40.0. The van der Waals surface area contributed by atoms with E-state index in [1.54, 1.807) is 6.07 Å². The lowest BCUT2D eigenvalue weighted by Crippen LogP contribution is -2.22. The lowest BCUT2D eigenvalue weighted by Gasteiger charge is -2.18. The first-order valence-corrected chi connectivity index (χ1v) is 9.93. The Balaban J connectivity index is 1.51. The molecule has 0 saturated heterocycles. The predicted molar refractivity (Wildman–Crippen MR) is 114 cm³/mol. The number of ether oxygens (including phenoxy) is 2. The van der Waals surface area contributed by atoms with Crippen LogP contribution in [0.1, 0.15) is 23.1 Å². The van der Waals surface area contributed by atoms with Gasteiger partial charge in [-0.2, -0.15) is 13.8 Å². The molecule has 164 valence electrons. The molecule has 0 fully saturated rings. The van der Waals surface area contributed by atoms with E-state index in [0.29, 0.717) is 23.8 Å². The van der Waals surface area contributed by atoms with E-state index < -0.39 is 6.61 Å². The summed E-state index contributed by atoms with van der Waals surface area (Å²) in [6.45, 7) is -2.61. The standard InChI is InChI=1S/C24H21F2N3O3/c1-30-20-14-18(12-13-19(20)31-24(25)26)23-28-21(32-29-23)15-27-22(16-8-4-2-5-9-16)17-10-6-3-7-11-17/h2-14,22,24,27H,15H2,1H3. The van der Waals surface area contributed by atoms with E-state index in [1.165, 1.54) is 19.2 Å². The van der Waals surface area contributed by atoms with Gasteiger partial charge in [0.05, 0.1) is 19.7 Å². The minimum atomic E-state index is -2.94. The summed E-state index contributed by atoms with van der Waals surface area (Å²) in [5.74, 6) is 0.800. The number of rotatable bonds is 9. The van der Waals surface area contributed by atoms with Crippen LogP contribution in [-0.4, -0.2) is 23.9 Å². The number of nitrogens with one attached hydrogen (secondary N) is 1. The van der Waals surface area contributed by atoms with Gasteiger partial charge < -0.3 is 14.0 Å². The molecule has 1 heterocycles. The summed E-state index contributed by atoms with van der Waals surface area (Å²) >= 11 is 0. The lowest BCUT2D eigenvalue weighted by atomic mass is 9.99. The average molecular weight is 437 g/mol. The molecule has 6 nitrogen and oxygen atoms in total. The van der Waals surface area contributed by atoms with E-state index in [0.717, 1.165) is 11.1 Å². The number of hydrogen-bond acceptors (Lipinski definition) is 6. The van der Waals surface area contributed by atoms with E-state index in [9.17, 15) is 8.78 Å². The molecule has 0 aliphatic carbocycles. The largest absolute Gasteiger partial charge is 0.493 e. The monoisotopic (exact) mass is 437 g/mol. The Morgan fingerprint density at radius 1 is 0.906 bits per heavy atom. The molecule has 8 heteroatoms. The van der Waals surface area contributed by atoms with Gasteiger partial charge in [0.15, 0.2) is 11.5 Å². The lowest BCUT2D eigenvalue weighted by molar-refractivity contribution is -0.0512.